The largest absolute Gasteiger partial charge is 0.308 e. The van der Waals surface area contributed by atoms with E-state index in [1.54, 1.807) is 11.3 Å². The molecule has 3 nitrogen and oxygen atoms in total. The van der Waals surface area contributed by atoms with Crippen LogP contribution in [0.15, 0.2) is 115 Å². The molecule has 9 rings (SSSR count). The molecule has 0 spiro atoms. The molecule has 0 fully saturated rings. The second-order valence-electron chi connectivity index (χ2n) is 9.99. The first-order valence-corrected chi connectivity index (χ1v) is 17.8. The van der Waals surface area contributed by atoms with Crippen molar-refractivity contribution in [3.8, 4) is 16.1 Å². The summed E-state index contributed by atoms with van der Waals surface area (Å²) in [5, 5.41) is 8.77. The number of benzene rings is 4. The Morgan fingerprint density at radius 1 is 0.513 bits per heavy atom. The summed E-state index contributed by atoms with van der Waals surface area (Å²) in [5.74, 6) is 0. The molecule has 4 aromatic carbocycles. The third-order valence-electron chi connectivity index (χ3n) is 8.15. The average molecular weight is 576 g/mol. The van der Waals surface area contributed by atoms with Crippen molar-refractivity contribution < 1.29 is 9.13 Å². The number of thiophene rings is 2. The minimum absolute atomic E-state index is 0.826. The van der Waals surface area contributed by atoms with Crippen molar-refractivity contribution >= 4 is 89.2 Å². The summed E-state index contributed by atoms with van der Waals surface area (Å²) in [6, 6.07) is 36.8. The van der Waals surface area contributed by atoms with E-state index in [0.717, 1.165) is 57.6 Å². The smallest absolute Gasteiger partial charge is 0.181 e. The Bertz CT molecular complexity index is 2140. The number of para-hydroxylation sites is 2. The van der Waals surface area contributed by atoms with Crippen LogP contribution in [-0.4, -0.2) is 4.57 Å². The Morgan fingerprint density at radius 3 is 1.59 bits per heavy atom. The number of fused-ring (bicyclic) bond motifs is 3. The van der Waals surface area contributed by atoms with Gasteiger partial charge in [0.15, 0.2) is 14.3 Å². The van der Waals surface area contributed by atoms with Gasteiger partial charge < -0.3 is 13.7 Å². The molecule has 5 heterocycles. The summed E-state index contributed by atoms with van der Waals surface area (Å²) in [7, 11) is -6.12. The Labute approximate surface area is 232 Å². The van der Waals surface area contributed by atoms with E-state index in [9.17, 15) is 4.57 Å². The van der Waals surface area contributed by atoms with Gasteiger partial charge >= 0.3 is 0 Å². The molecule has 0 radical (unpaired) electrons. The molecule has 186 valence electrons. The van der Waals surface area contributed by atoms with Crippen LogP contribution in [0.25, 0.3) is 37.9 Å². The molecule has 39 heavy (non-hydrogen) atoms. The number of hydrogen-bond donors (Lipinski definition) is 0. The van der Waals surface area contributed by atoms with Crippen molar-refractivity contribution in [2.75, 3.05) is 0 Å². The molecule has 3 aromatic heterocycles. The van der Waals surface area contributed by atoms with Gasteiger partial charge in [0, 0.05) is 43.1 Å². The van der Waals surface area contributed by atoms with E-state index in [0.29, 0.717) is 0 Å². The van der Waals surface area contributed by atoms with Crippen molar-refractivity contribution in [2.45, 2.75) is 0 Å². The number of nitrogens with zero attached hydrogens (tertiary/aromatic N) is 1. The molecule has 0 bridgehead atoms. The van der Waals surface area contributed by atoms with E-state index >= 15 is 4.57 Å². The predicted octanol–water partition coefficient (Wildman–Crippen LogP) is 6.48. The zero-order valence-corrected chi connectivity index (χ0v) is 23.9. The molecule has 7 heteroatoms. The van der Waals surface area contributed by atoms with Gasteiger partial charge in [-0.05, 0) is 35.7 Å². The van der Waals surface area contributed by atoms with Gasteiger partial charge in [0.1, 0.15) is 5.00 Å². The Morgan fingerprint density at radius 2 is 1.05 bits per heavy atom. The second kappa shape index (κ2) is 7.59. The van der Waals surface area contributed by atoms with Gasteiger partial charge in [-0.25, -0.2) is 0 Å². The van der Waals surface area contributed by atoms with Crippen LogP contribution in [0.1, 0.15) is 0 Å². The van der Waals surface area contributed by atoms with Gasteiger partial charge in [-0.15, -0.1) is 22.7 Å². The first kappa shape index (κ1) is 22.4. The molecule has 0 atom stereocenters. The first-order valence-electron chi connectivity index (χ1n) is 12.7. The molecule has 7 aromatic rings. The molecule has 0 saturated heterocycles. The summed E-state index contributed by atoms with van der Waals surface area (Å²) in [6.45, 7) is 0. The zero-order valence-electron chi connectivity index (χ0n) is 20.4. The van der Waals surface area contributed by atoms with E-state index < -0.39 is 14.3 Å². The van der Waals surface area contributed by atoms with Crippen molar-refractivity contribution in [1.29, 1.82) is 0 Å². The maximum atomic E-state index is 15.4. The molecule has 0 N–H and O–H groups in total. The van der Waals surface area contributed by atoms with E-state index in [1.165, 1.54) is 22.1 Å². The normalized spacial score (nSPS) is 15.8. The zero-order chi connectivity index (χ0) is 25.9. The van der Waals surface area contributed by atoms with Crippen LogP contribution in [0.4, 0.5) is 0 Å². The third kappa shape index (κ3) is 2.60. The molecule has 2 aliphatic heterocycles. The number of hydrogen-bond acceptors (Lipinski definition) is 4. The minimum Gasteiger partial charge on any atom is -0.308 e. The van der Waals surface area contributed by atoms with Crippen molar-refractivity contribution in [2.24, 2.45) is 0 Å². The lowest BCUT2D eigenvalue weighted by Gasteiger charge is -2.19. The van der Waals surface area contributed by atoms with Crippen LogP contribution in [0.2, 0.25) is 0 Å². The van der Waals surface area contributed by atoms with E-state index in [1.807, 2.05) is 60.0 Å². The SMILES string of the molecule is O=P1(c2cccs2)c2cccc3c2-c2c1cccc2P3(=O)c1ccc(-n2c3ccccc3c3ccccc32)s1. The maximum Gasteiger partial charge on any atom is 0.181 e. The van der Waals surface area contributed by atoms with Gasteiger partial charge in [-0.1, -0.05) is 78.9 Å². The maximum absolute atomic E-state index is 15.4. The van der Waals surface area contributed by atoms with Crippen molar-refractivity contribution in [1.82, 2.24) is 4.57 Å². The summed E-state index contributed by atoms with van der Waals surface area (Å²) in [4.78, 5) is 0. The molecule has 0 amide bonds. The minimum atomic E-state index is -3.14. The highest BCUT2D eigenvalue weighted by Crippen LogP contribution is 2.61. The monoisotopic (exact) mass is 575 g/mol. The van der Waals surface area contributed by atoms with Gasteiger partial charge in [0.2, 0.25) is 0 Å². The summed E-state index contributed by atoms with van der Waals surface area (Å²) in [5.41, 5.74) is 4.16. The van der Waals surface area contributed by atoms with E-state index in [-0.39, 0.29) is 0 Å². The molecule has 0 saturated carbocycles. The molecule has 0 unspecified atom stereocenters. The van der Waals surface area contributed by atoms with Crippen LogP contribution in [0.3, 0.4) is 0 Å². The fourth-order valence-electron chi connectivity index (χ4n) is 6.57. The third-order valence-corrected chi connectivity index (χ3v) is 17.6. The van der Waals surface area contributed by atoms with Gasteiger partial charge in [0.25, 0.3) is 0 Å². The first-order chi connectivity index (χ1) is 19.1. The highest BCUT2D eigenvalue weighted by atomic mass is 32.1. The van der Waals surface area contributed by atoms with Crippen LogP contribution in [-0.2, 0) is 9.13 Å². The predicted molar refractivity (Wildman–Crippen MR) is 168 cm³/mol. The van der Waals surface area contributed by atoms with Crippen LogP contribution < -0.4 is 30.5 Å². The number of aromatic nitrogens is 1. The summed E-state index contributed by atoms with van der Waals surface area (Å²) < 4.78 is 34.2. The molecular formula is C32H19NO2P2S2. The van der Waals surface area contributed by atoms with E-state index in [2.05, 4.69) is 59.2 Å². The van der Waals surface area contributed by atoms with E-state index in [4.69, 9.17) is 0 Å². The Kier molecular flexibility index (Phi) is 4.35. The molecular weight excluding hydrogens is 556 g/mol. The average Bonchev–Trinajstić information content (AvgIpc) is 3.79. The molecule has 0 aliphatic carbocycles. The van der Waals surface area contributed by atoms with Crippen molar-refractivity contribution in [3.63, 3.8) is 0 Å². The second-order valence-corrected chi connectivity index (χ2v) is 17.9. The van der Waals surface area contributed by atoms with Gasteiger partial charge in [-0.3, -0.25) is 0 Å². The van der Waals surface area contributed by atoms with Gasteiger partial charge in [0.05, 0.1) is 20.3 Å². The van der Waals surface area contributed by atoms with Gasteiger partial charge in [-0.2, -0.15) is 0 Å². The number of rotatable bonds is 3. The lowest BCUT2D eigenvalue weighted by molar-refractivity contribution is 0.593. The lowest BCUT2D eigenvalue weighted by atomic mass is 10.1. The summed E-state index contributed by atoms with van der Waals surface area (Å²) >= 11 is 3.14. The fraction of sp³-hybridized carbons (Fsp3) is 0. The highest BCUT2D eigenvalue weighted by molar-refractivity contribution is 7.93. The van der Waals surface area contributed by atoms with Crippen LogP contribution >= 0.6 is 37.0 Å². The Hall–Kier alpha value is -3.46. The summed E-state index contributed by atoms with van der Waals surface area (Å²) in [6.07, 6.45) is 0. The molecule has 2 aliphatic rings. The van der Waals surface area contributed by atoms with Crippen molar-refractivity contribution in [3.05, 3.63) is 115 Å². The highest BCUT2D eigenvalue weighted by Gasteiger charge is 2.52. The standard InChI is InChI=1S/C32H19NO2P2S2/c34-36(29-16-7-19-38-29)24-12-5-14-26-31(24)32-25(36)13-6-15-27(32)37(26,35)30-18-17-28(39-30)33-22-10-3-1-8-20(22)21-9-2-4-11-23(21)33/h1-19H. The quantitative estimate of drug-likeness (QED) is 0.226. The lowest BCUT2D eigenvalue weighted by Crippen LogP contribution is -2.26. The topological polar surface area (TPSA) is 39.1 Å². The van der Waals surface area contributed by atoms with Crippen LogP contribution in [0, 0.1) is 0 Å². The van der Waals surface area contributed by atoms with Crippen LogP contribution in [0.5, 0.6) is 0 Å². The Balaban J connectivity index is 1.30. The fourth-order valence-corrected chi connectivity index (χ4v) is 16.1.